The fraction of sp³-hybridized carbons (Fsp3) is 0.400. The first-order valence-corrected chi connectivity index (χ1v) is 9.64. The SMILES string of the molecule is COC(=O)C1CCN(C(=O)COC(=O)c2c(-c3c(F)cccc3Cl)noc2C)CC1. The molecule has 1 saturated heterocycles. The van der Waals surface area contributed by atoms with E-state index < -0.39 is 24.3 Å². The number of amides is 1. The predicted octanol–water partition coefficient (Wildman–Crippen LogP) is 3.01. The topological polar surface area (TPSA) is 98.9 Å². The van der Waals surface area contributed by atoms with E-state index in [0.717, 1.165) is 0 Å². The van der Waals surface area contributed by atoms with Gasteiger partial charge in [-0.15, -0.1) is 0 Å². The van der Waals surface area contributed by atoms with E-state index in [-0.39, 0.29) is 39.5 Å². The van der Waals surface area contributed by atoms with Gasteiger partial charge in [-0.3, -0.25) is 9.59 Å². The molecule has 1 amide bonds. The summed E-state index contributed by atoms with van der Waals surface area (Å²) in [7, 11) is 1.33. The van der Waals surface area contributed by atoms with Crippen molar-refractivity contribution < 1.29 is 32.8 Å². The van der Waals surface area contributed by atoms with Crippen LogP contribution in [0.3, 0.4) is 0 Å². The molecule has 0 unspecified atom stereocenters. The third kappa shape index (κ3) is 4.46. The molecule has 0 radical (unpaired) electrons. The second-order valence-corrected chi connectivity index (χ2v) is 7.22. The zero-order chi connectivity index (χ0) is 21.8. The van der Waals surface area contributed by atoms with Crippen LogP contribution in [0.1, 0.15) is 29.0 Å². The van der Waals surface area contributed by atoms with Crippen LogP contribution in [0.15, 0.2) is 22.7 Å². The first-order valence-electron chi connectivity index (χ1n) is 9.26. The average molecular weight is 439 g/mol. The Bertz CT molecular complexity index is 948. The Morgan fingerprint density at radius 1 is 1.30 bits per heavy atom. The maximum absolute atomic E-state index is 14.2. The lowest BCUT2D eigenvalue weighted by molar-refractivity contribution is -0.149. The molecule has 1 aliphatic rings. The maximum Gasteiger partial charge on any atom is 0.344 e. The molecule has 30 heavy (non-hydrogen) atoms. The maximum atomic E-state index is 14.2. The summed E-state index contributed by atoms with van der Waals surface area (Å²) >= 11 is 6.06. The van der Waals surface area contributed by atoms with Crippen LogP contribution in [0.25, 0.3) is 11.3 Å². The number of hydrogen-bond donors (Lipinski definition) is 0. The third-order valence-corrected chi connectivity index (χ3v) is 5.29. The molecule has 3 rings (SSSR count). The summed E-state index contributed by atoms with van der Waals surface area (Å²) < 4.78 is 29.1. The highest BCUT2D eigenvalue weighted by Crippen LogP contribution is 2.33. The van der Waals surface area contributed by atoms with Gasteiger partial charge in [-0.05, 0) is 31.9 Å². The molecular weight excluding hydrogens is 419 g/mol. The smallest absolute Gasteiger partial charge is 0.344 e. The van der Waals surface area contributed by atoms with Crippen LogP contribution in [-0.2, 0) is 19.1 Å². The minimum absolute atomic E-state index is 0.0573. The number of hydrogen-bond acceptors (Lipinski definition) is 7. The van der Waals surface area contributed by atoms with Crippen molar-refractivity contribution in [3.63, 3.8) is 0 Å². The summed E-state index contributed by atoms with van der Waals surface area (Å²) in [6.07, 6.45) is 0.958. The predicted molar refractivity (Wildman–Crippen MR) is 103 cm³/mol. The van der Waals surface area contributed by atoms with Crippen molar-refractivity contribution in [1.82, 2.24) is 10.1 Å². The zero-order valence-electron chi connectivity index (χ0n) is 16.4. The molecule has 0 bridgehead atoms. The molecule has 0 atom stereocenters. The number of halogens is 2. The molecule has 1 fully saturated rings. The number of methoxy groups -OCH3 is 1. The van der Waals surface area contributed by atoms with Crippen LogP contribution >= 0.6 is 11.6 Å². The summed E-state index contributed by atoms with van der Waals surface area (Å²) in [5.41, 5.74) is -0.273. The van der Waals surface area contributed by atoms with Crippen LogP contribution in [0.5, 0.6) is 0 Å². The highest BCUT2D eigenvalue weighted by Gasteiger charge is 2.30. The van der Waals surface area contributed by atoms with Crippen molar-refractivity contribution in [2.24, 2.45) is 5.92 Å². The fourth-order valence-electron chi connectivity index (χ4n) is 3.33. The number of ether oxygens (including phenoxy) is 2. The Labute approximate surface area is 176 Å². The van der Waals surface area contributed by atoms with Gasteiger partial charge in [0.2, 0.25) is 0 Å². The molecule has 160 valence electrons. The summed E-state index contributed by atoms with van der Waals surface area (Å²) in [6, 6.07) is 4.07. The second-order valence-electron chi connectivity index (χ2n) is 6.81. The number of carbonyl (C=O) groups excluding carboxylic acids is 3. The van der Waals surface area contributed by atoms with Gasteiger partial charge in [0.1, 0.15) is 22.8 Å². The van der Waals surface area contributed by atoms with E-state index in [0.29, 0.717) is 25.9 Å². The Kier molecular flexibility index (Phi) is 6.71. The third-order valence-electron chi connectivity index (χ3n) is 4.98. The summed E-state index contributed by atoms with van der Waals surface area (Å²) in [4.78, 5) is 38.1. The van der Waals surface area contributed by atoms with Gasteiger partial charge < -0.3 is 18.9 Å². The molecular formula is C20H20ClFN2O6. The van der Waals surface area contributed by atoms with Crippen molar-refractivity contribution in [2.45, 2.75) is 19.8 Å². The van der Waals surface area contributed by atoms with E-state index in [4.69, 9.17) is 25.6 Å². The molecule has 0 aliphatic carbocycles. The van der Waals surface area contributed by atoms with Crippen molar-refractivity contribution in [2.75, 3.05) is 26.8 Å². The molecule has 2 heterocycles. The monoisotopic (exact) mass is 438 g/mol. The fourth-order valence-corrected chi connectivity index (χ4v) is 3.58. The van der Waals surface area contributed by atoms with Crippen molar-refractivity contribution in [3.8, 4) is 11.3 Å². The van der Waals surface area contributed by atoms with Crippen LogP contribution < -0.4 is 0 Å². The Balaban J connectivity index is 1.66. The number of piperidine rings is 1. The minimum atomic E-state index is -0.874. The summed E-state index contributed by atoms with van der Waals surface area (Å²) in [6.45, 7) is 1.69. The number of benzene rings is 1. The van der Waals surface area contributed by atoms with Gasteiger partial charge in [0.05, 0.1) is 23.6 Å². The van der Waals surface area contributed by atoms with Gasteiger partial charge >= 0.3 is 11.9 Å². The lowest BCUT2D eigenvalue weighted by atomic mass is 9.97. The van der Waals surface area contributed by atoms with Gasteiger partial charge in [0.25, 0.3) is 5.91 Å². The van der Waals surface area contributed by atoms with Gasteiger partial charge in [-0.2, -0.15) is 0 Å². The van der Waals surface area contributed by atoms with Crippen LogP contribution in [-0.4, -0.2) is 54.7 Å². The van der Waals surface area contributed by atoms with Gasteiger partial charge in [0, 0.05) is 13.1 Å². The van der Waals surface area contributed by atoms with Gasteiger partial charge in [-0.1, -0.05) is 22.8 Å². The molecule has 0 spiro atoms. The number of aryl methyl sites for hydroxylation is 1. The molecule has 8 nitrogen and oxygen atoms in total. The first kappa shape index (κ1) is 21.8. The van der Waals surface area contributed by atoms with E-state index in [9.17, 15) is 18.8 Å². The van der Waals surface area contributed by atoms with Crippen molar-refractivity contribution in [1.29, 1.82) is 0 Å². The number of carbonyl (C=O) groups is 3. The number of nitrogens with zero attached hydrogens (tertiary/aromatic N) is 2. The largest absolute Gasteiger partial charge is 0.469 e. The molecule has 1 aromatic heterocycles. The lowest BCUT2D eigenvalue weighted by Gasteiger charge is -2.30. The van der Waals surface area contributed by atoms with Crippen molar-refractivity contribution >= 4 is 29.4 Å². The van der Waals surface area contributed by atoms with E-state index in [1.54, 1.807) is 0 Å². The Morgan fingerprint density at radius 2 is 2.00 bits per heavy atom. The lowest BCUT2D eigenvalue weighted by Crippen LogP contribution is -2.42. The summed E-state index contributed by atoms with van der Waals surface area (Å²) in [5.74, 6) is -2.37. The van der Waals surface area contributed by atoms with Crippen LogP contribution in [0, 0.1) is 18.7 Å². The number of esters is 2. The van der Waals surface area contributed by atoms with E-state index in [1.165, 1.54) is 37.1 Å². The van der Waals surface area contributed by atoms with E-state index in [1.807, 2.05) is 0 Å². The van der Waals surface area contributed by atoms with Crippen molar-refractivity contribution in [3.05, 3.63) is 40.4 Å². The highest BCUT2D eigenvalue weighted by molar-refractivity contribution is 6.33. The minimum Gasteiger partial charge on any atom is -0.469 e. The number of aromatic nitrogens is 1. The molecule has 0 N–H and O–H groups in total. The Morgan fingerprint density at radius 3 is 2.63 bits per heavy atom. The molecule has 0 saturated carbocycles. The second kappa shape index (κ2) is 9.25. The Hall–Kier alpha value is -2.94. The first-order chi connectivity index (χ1) is 14.3. The van der Waals surface area contributed by atoms with Crippen LogP contribution in [0.2, 0.25) is 5.02 Å². The number of likely N-dealkylation sites (tertiary alicyclic amines) is 1. The van der Waals surface area contributed by atoms with Crippen LogP contribution in [0.4, 0.5) is 4.39 Å². The molecule has 1 aliphatic heterocycles. The summed E-state index contributed by atoms with van der Waals surface area (Å²) in [5, 5.41) is 3.80. The average Bonchev–Trinajstić information content (AvgIpc) is 3.12. The van der Waals surface area contributed by atoms with Gasteiger partial charge in [-0.25, -0.2) is 9.18 Å². The standard InChI is InChI=1S/C20H20ClFN2O6/c1-11-16(18(23-30-11)17-13(21)4-3-5-14(17)22)20(27)29-10-15(25)24-8-6-12(7-9-24)19(26)28-2/h3-5,12H,6-10H2,1-2H3. The molecule has 10 heteroatoms. The zero-order valence-corrected chi connectivity index (χ0v) is 17.2. The van der Waals surface area contributed by atoms with E-state index >= 15 is 0 Å². The quantitative estimate of drug-likeness (QED) is 0.661. The molecule has 1 aromatic carbocycles. The normalized spacial score (nSPS) is 14.5. The number of rotatable bonds is 5. The highest BCUT2D eigenvalue weighted by atomic mass is 35.5. The van der Waals surface area contributed by atoms with E-state index in [2.05, 4.69) is 5.16 Å². The van der Waals surface area contributed by atoms with Gasteiger partial charge in [0.15, 0.2) is 6.61 Å². The molecule has 2 aromatic rings.